The molecule has 1 saturated heterocycles. The molecule has 174 valence electrons. The minimum absolute atomic E-state index is 0.0660. The number of alkyl halides is 6. The maximum Gasteiger partial charge on any atom is 0.471 e. The van der Waals surface area contributed by atoms with E-state index in [1.165, 1.54) is 23.9 Å². The van der Waals surface area contributed by atoms with Gasteiger partial charge in [-0.1, -0.05) is 5.16 Å². The van der Waals surface area contributed by atoms with Crippen LogP contribution >= 0.6 is 11.8 Å². The van der Waals surface area contributed by atoms with E-state index in [1.807, 2.05) is 0 Å². The number of hydrogen-bond acceptors (Lipinski definition) is 5. The van der Waals surface area contributed by atoms with Crippen LogP contribution in [0.15, 0.2) is 57.9 Å². The number of carbonyl (C=O) groups excluding carboxylic acids is 1. The predicted octanol–water partition coefficient (Wildman–Crippen LogP) is 5.78. The van der Waals surface area contributed by atoms with Crippen LogP contribution in [0.1, 0.15) is 28.2 Å². The Balaban J connectivity index is 1.35. The van der Waals surface area contributed by atoms with E-state index in [9.17, 15) is 31.1 Å². The maximum atomic E-state index is 12.7. The van der Waals surface area contributed by atoms with Crippen molar-refractivity contribution in [1.29, 1.82) is 0 Å². The van der Waals surface area contributed by atoms with Gasteiger partial charge >= 0.3 is 18.2 Å². The SMILES string of the molecule is O=C(c1ccc(C(F)(F)F)cc1)N1CC[C@@H](Sc2ccc(-c3noc(C(F)(F)F)n3)cc2)C1. The number of rotatable bonds is 4. The summed E-state index contributed by atoms with van der Waals surface area (Å²) < 4.78 is 80.1. The summed E-state index contributed by atoms with van der Waals surface area (Å²) in [6.07, 6.45) is -8.48. The van der Waals surface area contributed by atoms with Gasteiger partial charge < -0.3 is 9.42 Å². The van der Waals surface area contributed by atoms with Crippen LogP contribution < -0.4 is 0 Å². The maximum absolute atomic E-state index is 12.7. The van der Waals surface area contributed by atoms with Crippen LogP contribution in [0.5, 0.6) is 0 Å². The average Bonchev–Trinajstić information content (AvgIpc) is 3.43. The van der Waals surface area contributed by atoms with Crippen molar-refractivity contribution < 1.29 is 35.7 Å². The summed E-state index contributed by atoms with van der Waals surface area (Å²) >= 11 is 1.50. The Morgan fingerprint density at radius 3 is 2.21 bits per heavy atom. The monoisotopic (exact) mass is 487 g/mol. The largest absolute Gasteiger partial charge is 0.471 e. The Morgan fingerprint density at radius 1 is 0.970 bits per heavy atom. The minimum atomic E-state index is -4.72. The number of amides is 1. The highest BCUT2D eigenvalue weighted by Gasteiger charge is 2.38. The molecule has 1 amide bonds. The molecule has 0 bridgehead atoms. The smallest absolute Gasteiger partial charge is 0.337 e. The molecule has 4 rings (SSSR count). The Labute approximate surface area is 187 Å². The van der Waals surface area contributed by atoms with Gasteiger partial charge in [-0.25, -0.2) is 0 Å². The lowest BCUT2D eigenvalue weighted by Gasteiger charge is -2.17. The molecule has 2 aromatic carbocycles. The van der Waals surface area contributed by atoms with Gasteiger partial charge in [0.15, 0.2) is 0 Å². The molecule has 1 aliphatic rings. The lowest BCUT2D eigenvalue weighted by Crippen LogP contribution is -2.29. The zero-order chi connectivity index (χ0) is 23.8. The Hall–Kier alpha value is -3.02. The molecule has 2 heterocycles. The Bertz CT molecular complexity index is 1130. The number of hydrogen-bond donors (Lipinski definition) is 0. The highest BCUT2D eigenvalue weighted by Crippen LogP contribution is 2.33. The van der Waals surface area contributed by atoms with Gasteiger partial charge in [-0.05, 0) is 55.0 Å². The number of aromatic nitrogens is 2. The van der Waals surface area contributed by atoms with Gasteiger partial charge in [0.05, 0.1) is 5.56 Å². The summed E-state index contributed by atoms with van der Waals surface area (Å²) in [5.41, 5.74) is -0.256. The molecule has 0 saturated carbocycles. The van der Waals surface area contributed by atoms with Gasteiger partial charge in [0.1, 0.15) is 0 Å². The molecule has 12 heteroatoms. The van der Waals surface area contributed by atoms with E-state index in [0.29, 0.717) is 25.1 Å². The van der Waals surface area contributed by atoms with Crippen LogP contribution in [0, 0.1) is 0 Å². The zero-order valence-corrected chi connectivity index (χ0v) is 17.5. The van der Waals surface area contributed by atoms with Crippen LogP contribution in [0.25, 0.3) is 11.4 Å². The van der Waals surface area contributed by atoms with E-state index in [0.717, 1.165) is 17.0 Å². The first-order valence-corrected chi connectivity index (χ1v) is 10.5. The second-order valence-electron chi connectivity index (χ2n) is 7.30. The number of benzene rings is 2. The number of halogens is 6. The molecule has 1 fully saturated rings. The molecule has 0 spiro atoms. The van der Waals surface area contributed by atoms with Crippen molar-refractivity contribution in [1.82, 2.24) is 15.0 Å². The number of nitrogens with zero attached hydrogens (tertiary/aromatic N) is 3. The molecule has 3 aromatic rings. The third kappa shape index (κ3) is 5.32. The van der Waals surface area contributed by atoms with E-state index < -0.39 is 23.8 Å². The van der Waals surface area contributed by atoms with Crippen molar-refractivity contribution >= 4 is 17.7 Å². The van der Waals surface area contributed by atoms with Gasteiger partial charge in [0.2, 0.25) is 5.82 Å². The molecule has 0 aliphatic carbocycles. The van der Waals surface area contributed by atoms with Crippen molar-refractivity contribution in [3.05, 3.63) is 65.5 Å². The summed E-state index contributed by atoms with van der Waals surface area (Å²) in [4.78, 5) is 18.4. The van der Waals surface area contributed by atoms with Crippen molar-refractivity contribution in [3.63, 3.8) is 0 Å². The number of thioether (sulfide) groups is 1. The summed E-state index contributed by atoms with van der Waals surface area (Å²) in [7, 11) is 0. The predicted molar refractivity (Wildman–Crippen MR) is 106 cm³/mol. The average molecular weight is 487 g/mol. The third-order valence-electron chi connectivity index (χ3n) is 4.98. The summed E-state index contributed by atoms with van der Waals surface area (Å²) in [6, 6.07) is 10.7. The quantitative estimate of drug-likeness (QED) is 0.437. The molecular weight excluding hydrogens is 472 g/mol. The van der Waals surface area contributed by atoms with Crippen molar-refractivity contribution in [2.75, 3.05) is 13.1 Å². The fourth-order valence-corrected chi connectivity index (χ4v) is 4.48. The first-order chi connectivity index (χ1) is 15.5. The fraction of sp³-hybridized carbons (Fsp3) is 0.286. The second kappa shape index (κ2) is 8.73. The highest BCUT2D eigenvalue weighted by molar-refractivity contribution is 8.00. The molecule has 1 atom stereocenters. The minimum Gasteiger partial charge on any atom is -0.337 e. The van der Waals surface area contributed by atoms with Crippen LogP contribution in [0.2, 0.25) is 0 Å². The van der Waals surface area contributed by atoms with Crippen molar-refractivity contribution in [3.8, 4) is 11.4 Å². The zero-order valence-electron chi connectivity index (χ0n) is 16.7. The fourth-order valence-electron chi connectivity index (χ4n) is 3.32. The van der Waals surface area contributed by atoms with E-state index in [2.05, 4.69) is 14.7 Å². The molecule has 1 aliphatic heterocycles. The normalized spacial score (nSPS) is 16.9. The van der Waals surface area contributed by atoms with Crippen LogP contribution in [-0.2, 0) is 12.4 Å². The summed E-state index contributed by atoms with van der Waals surface area (Å²) in [5, 5.41) is 3.41. The first-order valence-electron chi connectivity index (χ1n) is 9.65. The van der Waals surface area contributed by atoms with Gasteiger partial charge in [-0.15, -0.1) is 11.8 Å². The van der Waals surface area contributed by atoms with Gasteiger partial charge in [0.25, 0.3) is 5.91 Å². The molecule has 1 aromatic heterocycles. The standard InChI is InChI=1S/C21H15F6N3O2S/c22-20(23,24)14-5-1-13(2-6-14)18(31)30-10-9-16(11-30)33-15-7-3-12(4-8-15)17-28-19(32-29-17)21(25,26)27/h1-8,16H,9-11H2/t16-/m1/s1. The molecule has 33 heavy (non-hydrogen) atoms. The topological polar surface area (TPSA) is 59.2 Å². The molecule has 0 radical (unpaired) electrons. The Morgan fingerprint density at radius 2 is 1.64 bits per heavy atom. The van der Waals surface area contributed by atoms with Gasteiger partial charge in [0, 0.05) is 34.4 Å². The van der Waals surface area contributed by atoms with E-state index in [1.54, 1.807) is 29.2 Å². The second-order valence-corrected chi connectivity index (χ2v) is 8.67. The molecule has 0 N–H and O–H groups in total. The number of carbonyl (C=O) groups is 1. The summed E-state index contributed by atoms with van der Waals surface area (Å²) in [5.74, 6) is -1.92. The van der Waals surface area contributed by atoms with Crippen molar-refractivity contribution in [2.45, 2.75) is 28.9 Å². The third-order valence-corrected chi connectivity index (χ3v) is 6.24. The molecular formula is C21H15F6N3O2S. The molecule has 5 nitrogen and oxygen atoms in total. The van der Waals surface area contributed by atoms with E-state index in [-0.39, 0.29) is 22.5 Å². The van der Waals surface area contributed by atoms with E-state index >= 15 is 0 Å². The van der Waals surface area contributed by atoms with Crippen LogP contribution in [0.3, 0.4) is 0 Å². The Kier molecular flexibility index (Phi) is 6.12. The van der Waals surface area contributed by atoms with Crippen molar-refractivity contribution in [2.24, 2.45) is 0 Å². The molecule has 0 unspecified atom stereocenters. The highest BCUT2D eigenvalue weighted by atomic mass is 32.2. The van der Waals surface area contributed by atoms with Gasteiger partial charge in [-0.3, -0.25) is 4.79 Å². The van der Waals surface area contributed by atoms with Crippen LogP contribution in [-0.4, -0.2) is 39.3 Å². The lowest BCUT2D eigenvalue weighted by atomic mass is 10.1. The number of likely N-dealkylation sites (tertiary alicyclic amines) is 1. The summed E-state index contributed by atoms with van der Waals surface area (Å²) in [6.45, 7) is 0.894. The van der Waals surface area contributed by atoms with Crippen LogP contribution in [0.4, 0.5) is 26.3 Å². The lowest BCUT2D eigenvalue weighted by molar-refractivity contribution is -0.159. The van der Waals surface area contributed by atoms with Gasteiger partial charge in [-0.2, -0.15) is 31.3 Å². The van der Waals surface area contributed by atoms with E-state index in [4.69, 9.17) is 0 Å². The first kappa shape index (κ1) is 23.1.